The fourth-order valence-corrected chi connectivity index (χ4v) is 5.67. The maximum Gasteiger partial charge on any atom is 0.270 e. The quantitative estimate of drug-likeness (QED) is 0.422. The zero-order valence-electron chi connectivity index (χ0n) is 23.5. The molecule has 1 saturated heterocycles. The molecule has 2 aliphatic rings. The summed E-state index contributed by atoms with van der Waals surface area (Å²) < 4.78 is 23.4. The molecule has 2 atom stereocenters. The van der Waals surface area contributed by atoms with Crippen molar-refractivity contribution in [3.63, 3.8) is 0 Å². The lowest BCUT2D eigenvalue weighted by molar-refractivity contribution is -0.130. The second-order valence-electron chi connectivity index (χ2n) is 10.1. The number of hydrogen-bond acceptors (Lipinski definition) is 7. The van der Waals surface area contributed by atoms with E-state index in [0.717, 1.165) is 12.1 Å². The Labute approximate surface area is 238 Å². The maximum atomic E-state index is 14.1. The van der Waals surface area contributed by atoms with Gasteiger partial charge in [0.25, 0.3) is 17.4 Å². The van der Waals surface area contributed by atoms with E-state index in [-0.39, 0.29) is 29.0 Å². The van der Waals surface area contributed by atoms with Crippen molar-refractivity contribution in [2.24, 2.45) is 5.92 Å². The van der Waals surface area contributed by atoms with Gasteiger partial charge in [-0.3, -0.25) is 14.4 Å². The van der Waals surface area contributed by atoms with Crippen molar-refractivity contribution in [1.82, 2.24) is 14.8 Å². The van der Waals surface area contributed by atoms with Gasteiger partial charge in [-0.25, -0.2) is 0 Å². The summed E-state index contributed by atoms with van der Waals surface area (Å²) in [4.78, 5) is 41.6. The van der Waals surface area contributed by atoms with E-state index in [2.05, 4.69) is 5.32 Å². The van der Waals surface area contributed by atoms with Crippen LogP contribution in [0.1, 0.15) is 34.0 Å². The fourth-order valence-electron chi connectivity index (χ4n) is 5.67. The Morgan fingerprint density at radius 1 is 0.878 bits per heavy atom. The minimum atomic E-state index is -0.436. The van der Waals surface area contributed by atoms with Gasteiger partial charge in [0.2, 0.25) is 5.75 Å². The molecule has 3 heterocycles. The molecule has 41 heavy (non-hydrogen) atoms. The predicted molar refractivity (Wildman–Crippen MR) is 153 cm³/mol. The zero-order chi connectivity index (χ0) is 29.1. The smallest absolute Gasteiger partial charge is 0.270 e. The van der Waals surface area contributed by atoms with Gasteiger partial charge in [-0.05, 0) is 66.4 Å². The molecule has 1 aromatic heterocycles. The van der Waals surface area contributed by atoms with Crippen molar-refractivity contribution < 1.29 is 28.5 Å². The molecule has 1 fully saturated rings. The molecular formula is C31H33N3O7. The largest absolute Gasteiger partial charge is 0.497 e. The highest BCUT2D eigenvalue weighted by Gasteiger charge is 2.37. The number of nitrogens with zero attached hydrogens (tertiary/aromatic N) is 2. The van der Waals surface area contributed by atoms with Gasteiger partial charge in [0.1, 0.15) is 11.4 Å². The van der Waals surface area contributed by atoms with Gasteiger partial charge >= 0.3 is 0 Å². The molecule has 2 aromatic carbocycles. The van der Waals surface area contributed by atoms with Crippen LogP contribution < -0.4 is 29.8 Å². The number of benzene rings is 2. The van der Waals surface area contributed by atoms with Crippen LogP contribution in [0.15, 0.2) is 65.1 Å². The van der Waals surface area contributed by atoms with Gasteiger partial charge in [-0.15, -0.1) is 0 Å². The van der Waals surface area contributed by atoms with Gasteiger partial charge < -0.3 is 33.7 Å². The van der Waals surface area contributed by atoms with Crippen molar-refractivity contribution >= 4 is 17.9 Å². The van der Waals surface area contributed by atoms with E-state index >= 15 is 0 Å². The van der Waals surface area contributed by atoms with Gasteiger partial charge in [0.15, 0.2) is 11.5 Å². The van der Waals surface area contributed by atoms with Crippen LogP contribution >= 0.6 is 0 Å². The highest BCUT2D eigenvalue weighted by molar-refractivity contribution is 6.05. The molecule has 0 radical (unpaired) electrons. The lowest BCUT2D eigenvalue weighted by Crippen LogP contribution is -2.50. The number of carbonyl (C=O) groups is 2. The van der Waals surface area contributed by atoms with E-state index in [0.29, 0.717) is 53.8 Å². The number of hydrogen-bond donors (Lipinski definition) is 1. The first-order valence-corrected chi connectivity index (χ1v) is 13.3. The highest BCUT2D eigenvalue weighted by Crippen LogP contribution is 2.39. The van der Waals surface area contributed by atoms with E-state index in [4.69, 9.17) is 18.9 Å². The van der Waals surface area contributed by atoms with Crippen LogP contribution in [0.25, 0.3) is 6.08 Å². The molecule has 0 saturated carbocycles. The number of aromatic nitrogens is 1. The molecule has 3 aromatic rings. The van der Waals surface area contributed by atoms with Crippen LogP contribution in [0.5, 0.6) is 23.0 Å². The van der Waals surface area contributed by atoms with Crippen molar-refractivity contribution in [2.45, 2.75) is 18.9 Å². The van der Waals surface area contributed by atoms with Crippen LogP contribution in [-0.4, -0.2) is 62.8 Å². The molecule has 0 aliphatic carbocycles. The molecule has 5 rings (SSSR count). The number of pyridine rings is 1. The van der Waals surface area contributed by atoms with E-state index in [9.17, 15) is 14.4 Å². The molecule has 2 bridgehead atoms. The molecular weight excluding hydrogens is 526 g/mol. The predicted octanol–water partition coefficient (Wildman–Crippen LogP) is 3.30. The summed E-state index contributed by atoms with van der Waals surface area (Å²) in [5.74, 6) is 1.27. The summed E-state index contributed by atoms with van der Waals surface area (Å²) in [6.45, 7) is 1.46. The van der Waals surface area contributed by atoms with Gasteiger partial charge in [0, 0.05) is 42.9 Å². The summed E-state index contributed by atoms with van der Waals surface area (Å²) in [6, 6.07) is 15.3. The molecule has 0 spiro atoms. The van der Waals surface area contributed by atoms with E-state index in [1.165, 1.54) is 21.3 Å². The average Bonchev–Trinajstić information content (AvgIpc) is 3.00. The summed E-state index contributed by atoms with van der Waals surface area (Å²) in [6.07, 6.45) is 2.51. The Morgan fingerprint density at radius 2 is 1.59 bits per heavy atom. The maximum absolute atomic E-state index is 14.1. The first kappa shape index (κ1) is 27.8. The van der Waals surface area contributed by atoms with Crippen molar-refractivity contribution in [3.05, 3.63) is 87.5 Å². The Kier molecular flexibility index (Phi) is 8.00. The van der Waals surface area contributed by atoms with Gasteiger partial charge in [0.05, 0.1) is 28.4 Å². The van der Waals surface area contributed by atoms with E-state index in [1.807, 2.05) is 10.6 Å². The third kappa shape index (κ3) is 5.63. The summed E-state index contributed by atoms with van der Waals surface area (Å²) in [5, 5.41) is 2.84. The van der Waals surface area contributed by atoms with Crippen molar-refractivity contribution in [3.8, 4) is 23.0 Å². The standard InChI is InChI=1S/C31H33N3O7/c1-38-23-10-8-21(9-11-23)30(36)32-24(13-19-14-26(39-2)29(41-4)27(15-19)40-3)31(37)33-16-20-12-22(18-33)25-6-5-7-28(35)34(25)17-20/h5-11,13-15,20,22H,12,16-18H2,1-4H3,(H,32,36). The molecule has 2 amide bonds. The monoisotopic (exact) mass is 559 g/mol. The third-order valence-corrected chi connectivity index (χ3v) is 7.60. The average molecular weight is 560 g/mol. The first-order chi connectivity index (χ1) is 19.8. The van der Waals surface area contributed by atoms with Crippen LogP contribution in [0, 0.1) is 5.92 Å². The molecule has 214 valence electrons. The second-order valence-corrected chi connectivity index (χ2v) is 10.1. The minimum Gasteiger partial charge on any atom is -0.497 e. The lowest BCUT2D eigenvalue weighted by atomic mass is 9.83. The topological polar surface area (TPSA) is 108 Å². The van der Waals surface area contributed by atoms with Crippen LogP contribution in [0.2, 0.25) is 0 Å². The van der Waals surface area contributed by atoms with Crippen molar-refractivity contribution in [1.29, 1.82) is 0 Å². The number of nitrogens with one attached hydrogen (secondary N) is 1. The van der Waals surface area contributed by atoms with Gasteiger partial charge in [-0.2, -0.15) is 0 Å². The number of carbonyl (C=O) groups excluding carboxylic acids is 2. The summed E-state index contributed by atoms with van der Waals surface area (Å²) in [7, 11) is 6.09. The molecule has 10 heteroatoms. The SMILES string of the molecule is COc1ccc(C(=O)NC(=Cc2cc(OC)c(OC)c(OC)c2)C(=O)N2CC3CC(C2)c2cccc(=O)n2C3)cc1. The van der Waals surface area contributed by atoms with Crippen LogP contribution in [0.4, 0.5) is 0 Å². The lowest BCUT2D eigenvalue weighted by Gasteiger charge is -2.43. The number of amides is 2. The number of ether oxygens (including phenoxy) is 4. The fraction of sp³-hybridized carbons (Fsp3) is 0.323. The van der Waals surface area contributed by atoms with E-state index < -0.39 is 5.91 Å². The van der Waals surface area contributed by atoms with Gasteiger partial charge in [-0.1, -0.05) is 6.07 Å². The zero-order valence-corrected chi connectivity index (χ0v) is 23.5. The van der Waals surface area contributed by atoms with Crippen LogP contribution in [-0.2, 0) is 11.3 Å². The number of rotatable bonds is 8. The molecule has 1 N–H and O–H groups in total. The van der Waals surface area contributed by atoms with E-state index in [1.54, 1.807) is 66.6 Å². The highest BCUT2D eigenvalue weighted by atomic mass is 16.5. The van der Waals surface area contributed by atoms with Crippen molar-refractivity contribution in [2.75, 3.05) is 41.5 Å². The second kappa shape index (κ2) is 11.8. The van der Waals surface area contributed by atoms with Crippen LogP contribution in [0.3, 0.4) is 0 Å². The third-order valence-electron chi connectivity index (χ3n) is 7.60. The number of likely N-dealkylation sites (tertiary alicyclic amines) is 1. The number of methoxy groups -OCH3 is 4. The molecule has 2 unspecified atom stereocenters. The number of fused-ring (bicyclic) bond motifs is 4. The summed E-state index contributed by atoms with van der Waals surface area (Å²) >= 11 is 0. The first-order valence-electron chi connectivity index (χ1n) is 13.3. The Morgan fingerprint density at radius 3 is 2.22 bits per heavy atom. The molecule has 10 nitrogen and oxygen atoms in total. The Hall–Kier alpha value is -4.73. The number of piperidine rings is 1. The normalized spacial score (nSPS) is 17.8. The molecule has 2 aliphatic heterocycles. The minimum absolute atomic E-state index is 0.0216. The summed E-state index contributed by atoms with van der Waals surface area (Å²) in [5.41, 5.74) is 1.96. The Balaban J connectivity index is 1.50. The Bertz CT molecular complexity index is 1520.